The lowest BCUT2D eigenvalue weighted by Gasteiger charge is -2.24. The fraction of sp³-hybridized carbons (Fsp3) is 0.538. The molecule has 17 heavy (non-hydrogen) atoms. The molecule has 1 rings (SSSR count). The van der Waals surface area contributed by atoms with Gasteiger partial charge >= 0.3 is 0 Å². The monoisotopic (exact) mass is 233 g/mol. The Hall–Kier alpha value is -1.60. The van der Waals surface area contributed by atoms with E-state index in [0.29, 0.717) is 12.2 Å². The van der Waals surface area contributed by atoms with Gasteiger partial charge in [-0.15, -0.1) is 0 Å². The van der Waals surface area contributed by atoms with Gasteiger partial charge in [0, 0.05) is 13.1 Å². The van der Waals surface area contributed by atoms with Crippen molar-refractivity contribution in [3.8, 4) is 6.07 Å². The normalized spacial score (nSPS) is 13.8. The molecule has 1 aromatic heterocycles. The van der Waals surface area contributed by atoms with E-state index in [4.69, 9.17) is 5.26 Å². The molecule has 0 bridgehead atoms. The molecule has 4 heteroatoms. The number of aromatic nitrogens is 1. The number of aliphatic hydroxyl groups is 1. The second-order valence-electron chi connectivity index (χ2n) is 4.19. The minimum absolute atomic E-state index is 0.00797. The molecule has 1 aromatic rings. The second kappa shape index (κ2) is 6.21. The van der Waals surface area contributed by atoms with Crippen LogP contribution in [0, 0.1) is 17.2 Å². The quantitative estimate of drug-likeness (QED) is 0.846. The number of nitriles is 1. The molecule has 0 aliphatic heterocycles. The lowest BCUT2D eigenvalue weighted by atomic mass is 10.2. The van der Waals surface area contributed by atoms with E-state index in [1.165, 1.54) is 0 Å². The Balaban J connectivity index is 2.79. The zero-order valence-corrected chi connectivity index (χ0v) is 10.6. The molecule has 0 fully saturated rings. The summed E-state index contributed by atoms with van der Waals surface area (Å²) in [6.45, 7) is 7.18. The minimum atomic E-state index is -0.544. The fourth-order valence-corrected chi connectivity index (χ4v) is 1.62. The summed E-state index contributed by atoms with van der Waals surface area (Å²) in [4.78, 5) is 6.31. The van der Waals surface area contributed by atoms with Gasteiger partial charge in [-0.2, -0.15) is 5.26 Å². The van der Waals surface area contributed by atoms with Crippen LogP contribution in [-0.4, -0.2) is 23.2 Å². The van der Waals surface area contributed by atoms with E-state index in [1.807, 2.05) is 26.0 Å². The van der Waals surface area contributed by atoms with Crippen LogP contribution in [0.1, 0.15) is 32.6 Å². The van der Waals surface area contributed by atoms with E-state index >= 15 is 0 Å². The van der Waals surface area contributed by atoms with Crippen molar-refractivity contribution in [1.82, 2.24) is 4.98 Å². The van der Waals surface area contributed by atoms with Crippen LogP contribution in [0.15, 0.2) is 18.3 Å². The Kier molecular flexibility index (Phi) is 4.92. The maximum absolute atomic E-state index is 9.37. The van der Waals surface area contributed by atoms with Crippen LogP contribution in [0.5, 0.6) is 0 Å². The molecular weight excluding hydrogens is 214 g/mol. The number of hydrogen-bond acceptors (Lipinski definition) is 4. The fourth-order valence-electron chi connectivity index (χ4n) is 1.62. The number of nitrogens with zero attached hydrogens (tertiary/aromatic N) is 3. The molecule has 0 aliphatic rings. The van der Waals surface area contributed by atoms with Gasteiger partial charge in [0.2, 0.25) is 0 Å². The van der Waals surface area contributed by atoms with Gasteiger partial charge in [0.25, 0.3) is 0 Å². The third-order valence-electron chi connectivity index (χ3n) is 2.66. The average Bonchev–Trinajstić information content (AvgIpc) is 2.35. The van der Waals surface area contributed by atoms with E-state index in [1.54, 1.807) is 13.1 Å². The summed E-state index contributed by atoms with van der Waals surface area (Å²) in [6.07, 6.45) is 1.20. The summed E-state index contributed by atoms with van der Waals surface area (Å²) in [5.74, 6) is -0.00797. The van der Waals surface area contributed by atoms with E-state index in [9.17, 15) is 5.11 Å². The van der Waals surface area contributed by atoms with Crippen molar-refractivity contribution in [3.05, 3.63) is 24.0 Å². The molecule has 0 spiro atoms. The Bertz CT molecular complexity index is 381. The average molecular weight is 233 g/mol. The number of rotatable bonds is 5. The summed E-state index contributed by atoms with van der Waals surface area (Å²) in [5, 5.41) is 18.2. The van der Waals surface area contributed by atoms with Gasteiger partial charge in [-0.3, -0.25) is 4.98 Å². The first-order chi connectivity index (χ1) is 8.08. The summed E-state index contributed by atoms with van der Waals surface area (Å²) in [7, 11) is 0. The minimum Gasteiger partial charge on any atom is -0.387 e. The smallest absolute Gasteiger partial charge is 0.0931 e. The molecule has 0 saturated carbocycles. The molecule has 2 atom stereocenters. The number of aliphatic hydroxyl groups excluding tert-OH is 1. The molecule has 0 radical (unpaired) electrons. The molecule has 1 unspecified atom stereocenters. The van der Waals surface area contributed by atoms with Gasteiger partial charge < -0.3 is 10.0 Å². The molecule has 1 N–H and O–H groups in total. The Labute approximate surface area is 103 Å². The first-order valence-electron chi connectivity index (χ1n) is 5.87. The Morgan fingerprint density at radius 3 is 2.59 bits per heavy atom. The van der Waals surface area contributed by atoms with Crippen molar-refractivity contribution in [2.45, 2.75) is 26.9 Å². The highest BCUT2D eigenvalue weighted by Gasteiger charge is 2.10. The number of hydrogen-bond donors (Lipinski definition) is 1. The highest BCUT2D eigenvalue weighted by molar-refractivity contribution is 5.44. The van der Waals surface area contributed by atoms with Gasteiger partial charge in [-0.05, 0) is 32.9 Å². The van der Waals surface area contributed by atoms with Crippen molar-refractivity contribution >= 4 is 5.69 Å². The number of pyridine rings is 1. The molecule has 4 nitrogen and oxygen atoms in total. The van der Waals surface area contributed by atoms with Crippen molar-refractivity contribution in [3.63, 3.8) is 0 Å². The molecule has 0 aliphatic carbocycles. The van der Waals surface area contributed by atoms with Crippen LogP contribution < -0.4 is 4.90 Å². The van der Waals surface area contributed by atoms with Crippen molar-refractivity contribution in [2.24, 2.45) is 5.92 Å². The zero-order valence-electron chi connectivity index (χ0n) is 10.6. The largest absolute Gasteiger partial charge is 0.387 e. The third-order valence-corrected chi connectivity index (χ3v) is 2.66. The summed E-state index contributed by atoms with van der Waals surface area (Å²) in [5.41, 5.74) is 1.65. The topological polar surface area (TPSA) is 60.2 Å². The molecular formula is C13H19N3O. The standard InChI is InChI=1S/C13H19N3O/c1-4-16(9-10(2)7-14)12-5-6-13(11(3)17)15-8-12/h5-6,8,10-11,17H,4,9H2,1-3H3/t10?,11-/m0/s1. The maximum atomic E-state index is 9.37. The SMILES string of the molecule is CCN(CC(C)C#N)c1ccc([C@H](C)O)nc1. The Morgan fingerprint density at radius 1 is 1.47 bits per heavy atom. The highest BCUT2D eigenvalue weighted by Crippen LogP contribution is 2.17. The zero-order chi connectivity index (χ0) is 12.8. The molecule has 1 heterocycles. The predicted octanol–water partition coefficient (Wildman–Crippen LogP) is 2.12. The van der Waals surface area contributed by atoms with E-state index < -0.39 is 6.10 Å². The molecule has 0 aromatic carbocycles. The van der Waals surface area contributed by atoms with Gasteiger partial charge in [-0.25, -0.2) is 0 Å². The van der Waals surface area contributed by atoms with Crippen molar-refractivity contribution in [1.29, 1.82) is 5.26 Å². The Morgan fingerprint density at radius 2 is 2.18 bits per heavy atom. The summed E-state index contributed by atoms with van der Waals surface area (Å²) in [6, 6.07) is 5.98. The molecule has 0 saturated heterocycles. The van der Waals surface area contributed by atoms with Crippen LogP contribution in [0.25, 0.3) is 0 Å². The first-order valence-corrected chi connectivity index (χ1v) is 5.87. The van der Waals surface area contributed by atoms with Crippen LogP contribution in [0.3, 0.4) is 0 Å². The number of anilines is 1. The van der Waals surface area contributed by atoms with Gasteiger partial charge in [0.05, 0.1) is 35.7 Å². The highest BCUT2D eigenvalue weighted by atomic mass is 16.3. The van der Waals surface area contributed by atoms with Crippen LogP contribution in [-0.2, 0) is 0 Å². The van der Waals surface area contributed by atoms with Gasteiger partial charge in [0.1, 0.15) is 0 Å². The second-order valence-corrected chi connectivity index (χ2v) is 4.19. The van der Waals surface area contributed by atoms with Crippen molar-refractivity contribution < 1.29 is 5.11 Å². The maximum Gasteiger partial charge on any atom is 0.0931 e. The third kappa shape index (κ3) is 3.72. The van der Waals surface area contributed by atoms with E-state index in [-0.39, 0.29) is 5.92 Å². The summed E-state index contributed by atoms with van der Waals surface area (Å²) < 4.78 is 0. The molecule has 92 valence electrons. The van der Waals surface area contributed by atoms with Crippen LogP contribution in [0.2, 0.25) is 0 Å². The van der Waals surface area contributed by atoms with Crippen LogP contribution >= 0.6 is 0 Å². The van der Waals surface area contributed by atoms with Gasteiger partial charge in [-0.1, -0.05) is 0 Å². The summed E-state index contributed by atoms with van der Waals surface area (Å²) >= 11 is 0. The van der Waals surface area contributed by atoms with E-state index in [0.717, 1.165) is 12.2 Å². The van der Waals surface area contributed by atoms with Crippen molar-refractivity contribution in [2.75, 3.05) is 18.0 Å². The lowest BCUT2D eigenvalue weighted by molar-refractivity contribution is 0.194. The first kappa shape index (κ1) is 13.5. The van der Waals surface area contributed by atoms with E-state index in [2.05, 4.69) is 16.0 Å². The lowest BCUT2D eigenvalue weighted by Crippen LogP contribution is -2.27. The van der Waals surface area contributed by atoms with Gasteiger partial charge in [0.15, 0.2) is 0 Å². The van der Waals surface area contributed by atoms with Crippen LogP contribution in [0.4, 0.5) is 5.69 Å². The predicted molar refractivity (Wildman–Crippen MR) is 67.5 cm³/mol. The molecule has 0 amide bonds.